The van der Waals surface area contributed by atoms with Gasteiger partial charge in [0.1, 0.15) is 0 Å². The molecule has 1 heterocycles. The van der Waals surface area contributed by atoms with E-state index >= 15 is 0 Å². The Morgan fingerprint density at radius 2 is 1.72 bits per heavy atom. The normalized spacial score (nSPS) is 27.6. The van der Waals surface area contributed by atoms with Crippen molar-refractivity contribution in [3.8, 4) is 0 Å². The molecule has 0 radical (unpaired) electrons. The zero-order chi connectivity index (χ0) is 20.9. The minimum Gasteiger partial charge on any atom is -0.477 e. The second-order valence-corrected chi connectivity index (χ2v) is 8.84. The van der Waals surface area contributed by atoms with Gasteiger partial charge in [-0.15, -0.1) is 0 Å². The molecule has 5 nitrogen and oxygen atoms in total. The van der Waals surface area contributed by atoms with E-state index in [1.54, 1.807) is 0 Å². The molecule has 158 valence electrons. The van der Waals surface area contributed by atoms with E-state index in [2.05, 4.69) is 0 Å². The highest BCUT2D eigenvalue weighted by atomic mass is 16.4. The molecule has 29 heavy (non-hydrogen) atoms. The van der Waals surface area contributed by atoms with Gasteiger partial charge in [0.15, 0.2) is 0 Å². The summed E-state index contributed by atoms with van der Waals surface area (Å²) < 4.78 is -0.213. The van der Waals surface area contributed by atoms with E-state index in [0.29, 0.717) is 31.8 Å². The first kappa shape index (κ1) is 21.7. The molecular formula is C24H34NO4+. The second-order valence-electron chi connectivity index (χ2n) is 8.84. The van der Waals surface area contributed by atoms with Crippen molar-refractivity contribution in [2.75, 3.05) is 13.1 Å². The molecule has 0 aromatic heterocycles. The Labute approximate surface area is 173 Å². The maximum atomic E-state index is 13.4. The van der Waals surface area contributed by atoms with Crippen LogP contribution in [-0.4, -0.2) is 46.4 Å². The molecule has 0 bridgehead atoms. The number of carbonyl (C=O) groups excluding carboxylic acids is 2. The van der Waals surface area contributed by atoms with Crippen molar-refractivity contribution in [2.24, 2.45) is 5.92 Å². The van der Waals surface area contributed by atoms with Crippen molar-refractivity contribution in [3.63, 3.8) is 0 Å². The summed E-state index contributed by atoms with van der Waals surface area (Å²) in [6.07, 6.45) is 8.28. The quantitative estimate of drug-likeness (QED) is 0.521. The standard InChI is InChI=1S/C24H33NO4/c1-2-16-25(23(27)21(26)14-13-18-9-5-3-6-10-18)17-15-20(22(25)24(28)29)19-11-7-4-8-12-19/h4,7-8,11-12,18,20,22H,2-3,5-6,9-10,13-17H2,1H3/p+1/t20?,22-,25?/m0/s1. The van der Waals surface area contributed by atoms with Gasteiger partial charge in [-0.05, 0) is 24.3 Å². The number of nitrogens with zero attached hydrogens (tertiary/aromatic N) is 1. The van der Waals surface area contributed by atoms with Gasteiger partial charge in [-0.2, -0.15) is 0 Å². The predicted molar refractivity (Wildman–Crippen MR) is 111 cm³/mol. The molecule has 1 N–H and O–H groups in total. The first-order chi connectivity index (χ1) is 14.0. The molecule has 2 aliphatic rings. The number of ketones is 1. The minimum atomic E-state index is -0.974. The van der Waals surface area contributed by atoms with Gasteiger partial charge in [-0.3, -0.25) is 4.79 Å². The zero-order valence-corrected chi connectivity index (χ0v) is 17.5. The number of hydrogen-bond donors (Lipinski definition) is 1. The molecule has 1 aliphatic heterocycles. The second kappa shape index (κ2) is 9.66. The molecule has 1 aromatic carbocycles. The van der Waals surface area contributed by atoms with E-state index in [0.717, 1.165) is 24.8 Å². The lowest BCUT2D eigenvalue weighted by Gasteiger charge is -2.36. The van der Waals surface area contributed by atoms with E-state index in [1.165, 1.54) is 19.3 Å². The molecule has 3 rings (SSSR count). The summed E-state index contributed by atoms with van der Waals surface area (Å²) in [5, 5.41) is 10.1. The van der Waals surface area contributed by atoms with Crippen LogP contribution in [-0.2, 0) is 14.4 Å². The highest BCUT2D eigenvalue weighted by molar-refractivity contribution is 6.33. The van der Waals surface area contributed by atoms with Gasteiger partial charge in [-0.25, -0.2) is 14.1 Å². The number of hydrogen-bond acceptors (Lipinski definition) is 3. The van der Waals surface area contributed by atoms with Crippen LogP contribution in [0.3, 0.4) is 0 Å². The van der Waals surface area contributed by atoms with E-state index in [4.69, 9.17) is 0 Å². The maximum absolute atomic E-state index is 13.4. The number of quaternary nitrogens is 1. The van der Waals surface area contributed by atoms with Gasteiger partial charge in [0.25, 0.3) is 5.78 Å². The summed E-state index contributed by atoms with van der Waals surface area (Å²) in [5.41, 5.74) is 0.943. The molecule has 5 heteroatoms. The number of Topliss-reactive ketones (excluding diaryl/α,β-unsaturated/α-hetero) is 1. The van der Waals surface area contributed by atoms with E-state index in [9.17, 15) is 19.5 Å². The smallest absolute Gasteiger partial charge is 0.382 e. The Hall–Kier alpha value is -2.01. The third-order valence-corrected chi connectivity index (χ3v) is 7.00. The van der Waals surface area contributed by atoms with E-state index in [-0.39, 0.29) is 22.6 Å². The first-order valence-electron chi connectivity index (χ1n) is 11.2. The number of aliphatic carboxylic acids is 1. The molecule has 1 amide bonds. The molecular weight excluding hydrogens is 366 g/mol. The summed E-state index contributed by atoms with van der Waals surface area (Å²) in [5.74, 6) is -1.53. The zero-order valence-electron chi connectivity index (χ0n) is 17.5. The van der Waals surface area contributed by atoms with E-state index in [1.807, 2.05) is 37.3 Å². The number of carboxylic acid groups (broad SMARTS) is 1. The Balaban J connectivity index is 1.80. The lowest BCUT2D eigenvalue weighted by molar-refractivity contribution is -0.855. The first-order valence-corrected chi connectivity index (χ1v) is 11.2. The number of carbonyl (C=O) groups is 3. The van der Waals surface area contributed by atoms with Crippen molar-refractivity contribution in [1.29, 1.82) is 0 Å². The van der Waals surface area contributed by atoms with Crippen LogP contribution in [0.2, 0.25) is 0 Å². The summed E-state index contributed by atoms with van der Waals surface area (Å²) in [6.45, 7) is 2.79. The number of amides is 1. The molecule has 3 atom stereocenters. The topological polar surface area (TPSA) is 71.4 Å². The fourth-order valence-corrected chi connectivity index (χ4v) is 5.59. The van der Waals surface area contributed by atoms with Crippen molar-refractivity contribution < 1.29 is 24.0 Å². The predicted octanol–water partition coefficient (Wildman–Crippen LogP) is 4.31. The molecule has 1 saturated heterocycles. The summed E-state index contributed by atoms with van der Waals surface area (Å²) in [6, 6.07) is 8.69. The fourth-order valence-electron chi connectivity index (χ4n) is 5.59. The molecule has 2 unspecified atom stereocenters. The number of likely N-dealkylation sites (tertiary alicyclic amines) is 1. The largest absolute Gasteiger partial charge is 0.477 e. The molecule has 1 aromatic rings. The molecule has 2 fully saturated rings. The SMILES string of the molecule is CCC[N+]1(C(=O)C(=O)CCC2CCCCC2)CCC(c2ccccc2)[C@H]1C(=O)O. The van der Waals surface area contributed by atoms with Crippen LogP contribution in [0.4, 0.5) is 0 Å². The summed E-state index contributed by atoms with van der Waals surface area (Å²) >= 11 is 0. The Kier molecular flexibility index (Phi) is 7.23. The Morgan fingerprint density at radius 3 is 2.34 bits per heavy atom. The Morgan fingerprint density at radius 1 is 1.03 bits per heavy atom. The van der Waals surface area contributed by atoms with Gasteiger partial charge in [-0.1, -0.05) is 69.4 Å². The maximum Gasteiger partial charge on any atom is 0.382 e. The van der Waals surface area contributed by atoms with Crippen molar-refractivity contribution in [2.45, 2.75) is 76.7 Å². The monoisotopic (exact) mass is 400 g/mol. The highest BCUT2D eigenvalue weighted by Gasteiger charge is 2.58. The molecule has 1 aliphatic carbocycles. The highest BCUT2D eigenvalue weighted by Crippen LogP contribution is 2.40. The van der Waals surface area contributed by atoms with Crippen molar-refractivity contribution in [1.82, 2.24) is 0 Å². The van der Waals surface area contributed by atoms with Crippen LogP contribution in [0.25, 0.3) is 0 Å². The van der Waals surface area contributed by atoms with Gasteiger partial charge < -0.3 is 5.11 Å². The number of benzene rings is 1. The van der Waals surface area contributed by atoms with Crippen LogP contribution in [0.1, 0.15) is 76.2 Å². The summed E-state index contributed by atoms with van der Waals surface area (Å²) in [7, 11) is 0. The number of rotatable bonds is 8. The molecule has 1 saturated carbocycles. The van der Waals surface area contributed by atoms with Gasteiger partial charge in [0, 0.05) is 12.8 Å². The minimum absolute atomic E-state index is 0.213. The third-order valence-electron chi connectivity index (χ3n) is 7.00. The lowest BCUT2D eigenvalue weighted by Crippen LogP contribution is -2.62. The van der Waals surface area contributed by atoms with Crippen LogP contribution >= 0.6 is 0 Å². The average molecular weight is 401 g/mol. The average Bonchev–Trinajstić information content (AvgIpc) is 3.13. The van der Waals surface area contributed by atoms with Gasteiger partial charge in [0.2, 0.25) is 6.04 Å². The third kappa shape index (κ3) is 4.61. The van der Waals surface area contributed by atoms with Crippen LogP contribution in [0.15, 0.2) is 30.3 Å². The molecule has 0 spiro atoms. The van der Waals surface area contributed by atoms with Crippen molar-refractivity contribution >= 4 is 17.7 Å². The summed E-state index contributed by atoms with van der Waals surface area (Å²) in [4.78, 5) is 38.6. The van der Waals surface area contributed by atoms with Crippen LogP contribution in [0, 0.1) is 5.92 Å². The van der Waals surface area contributed by atoms with Crippen molar-refractivity contribution in [3.05, 3.63) is 35.9 Å². The Bertz CT molecular complexity index is 726. The number of carboxylic acids is 1. The lowest BCUT2D eigenvalue weighted by atomic mass is 9.85. The van der Waals surface area contributed by atoms with Crippen LogP contribution in [0.5, 0.6) is 0 Å². The van der Waals surface area contributed by atoms with Crippen LogP contribution < -0.4 is 0 Å². The van der Waals surface area contributed by atoms with E-state index < -0.39 is 17.9 Å². The van der Waals surface area contributed by atoms with Gasteiger partial charge in [0.05, 0.1) is 19.0 Å². The fraction of sp³-hybridized carbons (Fsp3) is 0.625. The van der Waals surface area contributed by atoms with Gasteiger partial charge >= 0.3 is 11.9 Å².